The minimum absolute atomic E-state index is 0.0623. The van der Waals surface area contributed by atoms with Crippen LogP contribution < -0.4 is 10.6 Å². The van der Waals surface area contributed by atoms with E-state index in [2.05, 4.69) is 15.8 Å². The number of carbonyl (C=O) groups is 1. The van der Waals surface area contributed by atoms with Gasteiger partial charge in [0.25, 0.3) is 0 Å². The van der Waals surface area contributed by atoms with Gasteiger partial charge in [-0.15, -0.1) is 0 Å². The van der Waals surface area contributed by atoms with Crippen molar-refractivity contribution in [2.24, 2.45) is 5.41 Å². The summed E-state index contributed by atoms with van der Waals surface area (Å²) in [4.78, 5) is 12.0. The molecule has 0 saturated carbocycles. The predicted molar refractivity (Wildman–Crippen MR) is 77.7 cm³/mol. The molecule has 6 heteroatoms. The number of anilines is 1. The number of aliphatic hydroxyl groups is 1. The van der Waals surface area contributed by atoms with Crippen LogP contribution in [0.2, 0.25) is 0 Å². The van der Waals surface area contributed by atoms with E-state index in [0.717, 1.165) is 18.5 Å². The summed E-state index contributed by atoms with van der Waals surface area (Å²) >= 11 is 0. The maximum atomic E-state index is 12.0. The number of aryl methyl sites for hydroxylation is 2. The Balaban J connectivity index is 2.62. The number of hydrogen-bond donors (Lipinski definition) is 3. The number of aliphatic hydroxyl groups excluding tert-OH is 1. The standard InChI is InChI=1S/C14H25N3O3/c1-5-11-12(10(4)20-17-11)16-13(19)15-8-14(6-2,7-3)9-18/h18H,5-9H2,1-4H3,(H2,15,16,19). The third kappa shape index (κ3) is 3.72. The van der Waals surface area contributed by atoms with Crippen molar-refractivity contribution in [2.45, 2.75) is 47.0 Å². The summed E-state index contributed by atoms with van der Waals surface area (Å²) in [5.74, 6) is 0.594. The fourth-order valence-corrected chi connectivity index (χ4v) is 2.02. The van der Waals surface area contributed by atoms with Gasteiger partial charge in [0, 0.05) is 12.0 Å². The molecule has 6 nitrogen and oxygen atoms in total. The molecule has 0 aliphatic carbocycles. The zero-order valence-electron chi connectivity index (χ0n) is 12.7. The highest BCUT2D eigenvalue weighted by molar-refractivity contribution is 5.90. The third-order valence-corrected chi connectivity index (χ3v) is 3.97. The number of aromatic nitrogens is 1. The molecule has 1 aromatic heterocycles. The number of nitrogens with one attached hydrogen (secondary N) is 2. The Morgan fingerprint density at radius 2 is 2.00 bits per heavy atom. The first-order valence-corrected chi connectivity index (χ1v) is 7.12. The number of hydrogen-bond acceptors (Lipinski definition) is 4. The summed E-state index contributed by atoms with van der Waals surface area (Å²) in [6.07, 6.45) is 2.32. The van der Waals surface area contributed by atoms with E-state index in [1.165, 1.54) is 0 Å². The maximum Gasteiger partial charge on any atom is 0.319 e. The summed E-state index contributed by atoms with van der Waals surface area (Å²) in [5, 5.41) is 18.9. The highest BCUT2D eigenvalue weighted by Gasteiger charge is 2.26. The van der Waals surface area contributed by atoms with Gasteiger partial charge in [-0.2, -0.15) is 0 Å². The molecule has 3 N–H and O–H groups in total. The Morgan fingerprint density at radius 3 is 2.50 bits per heavy atom. The Bertz CT molecular complexity index is 431. The van der Waals surface area contributed by atoms with E-state index in [1.807, 2.05) is 20.8 Å². The van der Waals surface area contributed by atoms with Gasteiger partial charge in [0.05, 0.1) is 6.61 Å². The van der Waals surface area contributed by atoms with Crippen molar-refractivity contribution in [1.82, 2.24) is 10.5 Å². The predicted octanol–water partition coefficient (Wildman–Crippen LogP) is 2.47. The average molecular weight is 283 g/mol. The van der Waals surface area contributed by atoms with Gasteiger partial charge in [0.15, 0.2) is 5.76 Å². The molecule has 0 saturated heterocycles. The van der Waals surface area contributed by atoms with E-state index < -0.39 is 0 Å². The Labute approximate surface area is 119 Å². The minimum Gasteiger partial charge on any atom is -0.396 e. The maximum absolute atomic E-state index is 12.0. The van der Waals surface area contributed by atoms with Crippen molar-refractivity contribution in [3.63, 3.8) is 0 Å². The van der Waals surface area contributed by atoms with Crippen LogP contribution in [0.3, 0.4) is 0 Å². The molecule has 1 rings (SSSR count). The lowest BCUT2D eigenvalue weighted by molar-refractivity contribution is 0.116. The molecule has 1 aromatic rings. The number of rotatable bonds is 7. The third-order valence-electron chi connectivity index (χ3n) is 3.97. The van der Waals surface area contributed by atoms with Crippen LogP contribution in [0.5, 0.6) is 0 Å². The second-order valence-corrected chi connectivity index (χ2v) is 5.09. The molecule has 0 aliphatic rings. The van der Waals surface area contributed by atoms with Crippen LogP contribution in [0.1, 0.15) is 45.1 Å². The van der Waals surface area contributed by atoms with Crippen LogP contribution in [-0.2, 0) is 6.42 Å². The second-order valence-electron chi connectivity index (χ2n) is 5.09. The first-order valence-electron chi connectivity index (χ1n) is 7.12. The molecular weight excluding hydrogens is 258 g/mol. The highest BCUT2D eigenvalue weighted by Crippen LogP contribution is 2.24. The Morgan fingerprint density at radius 1 is 1.35 bits per heavy atom. The summed E-state index contributed by atoms with van der Waals surface area (Å²) in [6, 6.07) is -0.300. The zero-order valence-corrected chi connectivity index (χ0v) is 12.7. The Kier molecular flexibility index (Phi) is 6.01. The van der Waals surface area contributed by atoms with Crippen molar-refractivity contribution in [3.8, 4) is 0 Å². The highest BCUT2D eigenvalue weighted by atomic mass is 16.5. The van der Waals surface area contributed by atoms with Crippen LogP contribution >= 0.6 is 0 Å². The second kappa shape index (κ2) is 7.28. The van der Waals surface area contributed by atoms with Gasteiger partial charge in [0.1, 0.15) is 11.4 Å². The molecule has 2 amide bonds. The van der Waals surface area contributed by atoms with E-state index in [0.29, 0.717) is 24.4 Å². The Hall–Kier alpha value is -1.56. The molecule has 0 unspecified atom stereocenters. The molecule has 20 heavy (non-hydrogen) atoms. The van der Waals surface area contributed by atoms with Crippen LogP contribution in [0.15, 0.2) is 4.52 Å². The van der Waals surface area contributed by atoms with Gasteiger partial charge in [-0.1, -0.05) is 25.9 Å². The lowest BCUT2D eigenvalue weighted by Gasteiger charge is -2.29. The van der Waals surface area contributed by atoms with Crippen molar-refractivity contribution in [2.75, 3.05) is 18.5 Å². The van der Waals surface area contributed by atoms with Gasteiger partial charge in [-0.05, 0) is 26.2 Å². The lowest BCUT2D eigenvalue weighted by atomic mass is 9.83. The van der Waals surface area contributed by atoms with Crippen molar-refractivity contribution < 1.29 is 14.4 Å². The van der Waals surface area contributed by atoms with Crippen molar-refractivity contribution in [1.29, 1.82) is 0 Å². The lowest BCUT2D eigenvalue weighted by Crippen LogP contribution is -2.41. The largest absolute Gasteiger partial charge is 0.396 e. The average Bonchev–Trinajstić information content (AvgIpc) is 2.82. The molecule has 0 atom stereocenters. The minimum atomic E-state index is -0.300. The first-order chi connectivity index (χ1) is 9.51. The van der Waals surface area contributed by atoms with Gasteiger partial charge in [-0.3, -0.25) is 0 Å². The SMILES string of the molecule is CCc1noc(C)c1NC(=O)NCC(CC)(CC)CO. The normalized spacial score (nSPS) is 11.4. The van der Waals surface area contributed by atoms with Gasteiger partial charge in [-0.25, -0.2) is 4.79 Å². The van der Waals surface area contributed by atoms with E-state index in [-0.39, 0.29) is 18.1 Å². The molecule has 0 fully saturated rings. The molecule has 0 spiro atoms. The summed E-state index contributed by atoms with van der Waals surface area (Å²) < 4.78 is 5.06. The van der Waals surface area contributed by atoms with Gasteiger partial charge < -0.3 is 20.3 Å². The topological polar surface area (TPSA) is 87.4 Å². The molecular formula is C14H25N3O3. The molecule has 0 aliphatic heterocycles. The molecule has 114 valence electrons. The fourth-order valence-electron chi connectivity index (χ4n) is 2.02. The number of amides is 2. The monoisotopic (exact) mass is 283 g/mol. The zero-order chi connectivity index (χ0) is 15.2. The van der Waals surface area contributed by atoms with E-state index in [4.69, 9.17) is 4.52 Å². The summed E-state index contributed by atoms with van der Waals surface area (Å²) in [7, 11) is 0. The smallest absolute Gasteiger partial charge is 0.319 e. The quantitative estimate of drug-likeness (QED) is 0.717. The van der Waals surface area contributed by atoms with Gasteiger partial charge in [0.2, 0.25) is 0 Å². The fraction of sp³-hybridized carbons (Fsp3) is 0.714. The van der Waals surface area contributed by atoms with Crippen molar-refractivity contribution in [3.05, 3.63) is 11.5 Å². The van der Waals surface area contributed by atoms with Crippen LogP contribution in [0, 0.1) is 12.3 Å². The molecule has 0 aromatic carbocycles. The molecule has 0 bridgehead atoms. The van der Waals surface area contributed by atoms with E-state index >= 15 is 0 Å². The molecule has 0 radical (unpaired) electrons. The van der Waals surface area contributed by atoms with E-state index in [1.54, 1.807) is 6.92 Å². The van der Waals surface area contributed by atoms with Crippen LogP contribution in [0.4, 0.5) is 10.5 Å². The summed E-state index contributed by atoms with van der Waals surface area (Å²) in [5.41, 5.74) is 1.11. The van der Waals surface area contributed by atoms with Gasteiger partial charge >= 0.3 is 6.03 Å². The summed E-state index contributed by atoms with van der Waals surface area (Å²) in [6.45, 7) is 8.24. The van der Waals surface area contributed by atoms with Crippen LogP contribution in [0.25, 0.3) is 0 Å². The molecule has 1 heterocycles. The van der Waals surface area contributed by atoms with Crippen molar-refractivity contribution >= 4 is 11.7 Å². The number of nitrogens with zero attached hydrogens (tertiary/aromatic N) is 1. The number of carbonyl (C=O) groups excluding carboxylic acids is 1. The van der Waals surface area contributed by atoms with Crippen LogP contribution in [-0.4, -0.2) is 29.4 Å². The number of urea groups is 1. The van der Waals surface area contributed by atoms with E-state index in [9.17, 15) is 9.90 Å². The first kappa shape index (κ1) is 16.5.